The van der Waals surface area contributed by atoms with Crippen molar-refractivity contribution in [3.8, 4) is 6.07 Å². The van der Waals surface area contributed by atoms with Gasteiger partial charge in [0.2, 0.25) is 5.95 Å². The van der Waals surface area contributed by atoms with Crippen LogP contribution in [-0.4, -0.2) is 49.5 Å². The van der Waals surface area contributed by atoms with Gasteiger partial charge in [0.15, 0.2) is 11.2 Å². The molecule has 1 amide bonds. The molecule has 1 unspecified atom stereocenters. The molecule has 0 radical (unpaired) electrons. The van der Waals surface area contributed by atoms with E-state index in [9.17, 15) is 19.6 Å². The van der Waals surface area contributed by atoms with E-state index in [4.69, 9.17) is 9.72 Å². The number of alkyl carbamates (subject to hydrolysis) is 1. The van der Waals surface area contributed by atoms with E-state index >= 15 is 0 Å². The number of hydrogen-bond donors (Lipinski definition) is 1. The summed E-state index contributed by atoms with van der Waals surface area (Å²) in [5.74, 6) is 0.509. The van der Waals surface area contributed by atoms with Crippen LogP contribution in [0.1, 0.15) is 50.3 Å². The lowest BCUT2D eigenvalue weighted by atomic mass is 10.1. The fraction of sp³-hybridized carbons (Fsp3) is 0.406. The first kappa shape index (κ1) is 29.6. The van der Waals surface area contributed by atoms with Crippen LogP contribution in [-0.2, 0) is 31.3 Å². The van der Waals surface area contributed by atoms with Gasteiger partial charge >= 0.3 is 11.8 Å². The lowest BCUT2D eigenvalue weighted by molar-refractivity contribution is 0.0499. The number of anilines is 1. The highest BCUT2D eigenvalue weighted by Crippen LogP contribution is 2.26. The van der Waals surface area contributed by atoms with Crippen molar-refractivity contribution in [1.29, 1.82) is 5.26 Å². The number of nitriles is 1. The Balaban J connectivity index is 1.60. The highest BCUT2D eigenvalue weighted by Gasteiger charge is 2.29. The minimum atomic E-state index is -0.621. The van der Waals surface area contributed by atoms with E-state index in [1.54, 1.807) is 16.7 Å². The molecule has 0 bridgehead atoms. The molecule has 224 valence electrons. The molecule has 3 heterocycles. The minimum Gasteiger partial charge on any atom is -0.444 e. The molecule has 2 aromatic heterocycles. The second-order valence-electron chi connectivity index (χ2n) is 11.9. The van der Waals surface area contributed by atoms with E-state index in [1.165, 1.54) is 7.05 Å². The van der Waals surface area contributed by atoms with E-state index in [-0.39, 0.29) is 12.6 Å². The van der Waals surface area contributed by atoms with Gasteiger partial charge in [0.05, 0.1) is 18.2 Å². The van der Waals surface area contributed by atoms with Crippen LogP contribution < -0.4 is 21.5 Å². The molecule has 0 saturated carbocycles. The Hall–Kier alpha value is -4.85. The van der Waals surface area contributed by atoms with E-state index in [1.807, 2.05) is 72.7 Å². The maximum absolute atomic E-state index is 13.7. The lowest BCUT2D eigenvalue weighted by Gasteiger charge is -2.34. The summed E-state index contributed by atoms with van der Waals surface area (Å²) in [6.07, 6.45) is 1.63. The van der Waals surface area contributed by atoms with Gasteiger partial charge in [-0.25, -0.2) is 9.59 Å². The summed E-state index contributed by atoms with van der Waals surface area (Å²) in [6.45, 7) is 7.09. The Morgan fingerprint density at radius 1 is 1.09 bits per heavy atom. The average Bonchev–Trinajstić information content (AvgIpc) is 3.35. The highest BCUT2D eigenvalue weighted by molar-refractivity contribution is 5.75. The van der Waals surface area contributed by atoms with Gasteiger partial charge in [-0.05, 0) is 57.2 Å². The van der Waals surface area contributed by atoms with Gasteiger partial charge in [-0.1, -0.05) is 48.5 Å². The summed E-state index contributed by atoms with van der Waals surface area (Å²) < 4.78 is 9.96. The number of carbonyl (C=O) groups is 1. The van der Waals surface area contributed by atoms with Crippen molar-refractivity contribution in [3.05, 3.63) is 92.1 Å². The Labute approximate surface area is 249 Å². The number of nitrogens with zero attached hydrogens (tertiary/aromatic N) is 6. The van der Waals surface area contributed by atoms with Crippen LogP contribution in [0.25, 0.3) is 11.2 Å². The molecule has 1 fully saturated rings. The van der Waals surface area contributed by atoms with Crippen LogP contribution in [0.3, 0.4) is 0 Å². The molecule has 2 aromatic carbocycles. The van der Waals surface area contributed by atoms with Gasteiger partial charge in [-0.3, -0.25) is 18.5 Å². The number of imidazole rings is 1. The predicted octanol–water partition coefficient (Wildman–Crippen LogP) is 3.55. The monoisotopic (exact) mass is 583 g/mol. The third kappa shape index (κ3) is 6.48. The van der Waals surface area contributed by atoms with Crippen molar-refractivity contribution >= 4 is 23.2 Å². The van der Waals surface area contributed by atoms with Crippen LogP contribution in [0, 0.1) is 11.3 Å². The van der Waals surface area contributed by atoms with E-state index in [0.29, 0.717) is 48.7 Å². The van der Waals surface area contributed by atoms with Crippen LogP contribution in [0.5, 0.6) is 0 Å². The zero-order chi connectivity index (χ0) is 30.7. The molecule has 4 aromatic rings. The molecule has 0 aliphatic carbocycles. The third-order valence-corrected chi connectivity index (χ3v) is 7.57. The summed E-state index contributed by atoms with van der Waals surface area (Å²) >= 11 is 0. The Morgan fingerprint density at radius 2 is 1.81 bits per heavy atom. The highest BCUT2D eigenvalue weighted by atomic mass is 16.6. The zero-order valence-electron chi connectivity index (χ0n) is 25.0. The predicted molar refractivity (Wildman–Crippen MR) is 164 cm³/mol. The number of nitrogens with one attached hydrogen (secondary N) is 1. The van der Waals surface area contributed by atoms with Crippen LogP contribution in [0.15, 0.2) is 64.2 Å². The summed E-state index contributed by atoms with van der Waals surface area (Å²) in [6, 6.07) is 19.1. The second kappa shape index (κ2) is 12.2. The summed E-state index contributed by atoms with van der Waals surface area (Å²) in [7, 11) is 1.48. The number of aryl methyl sites for hydroxylation is 2. The molecule has 11 nitrogen and oxygen atoms in total. The Bertz CT molecular complexity index is 1790. The van der Waals surface area contributed by atoms with Gasteiger partial charge < -0.3 is 15.0 Å². The Morgan fingerprint density at radius 3 is 2.53 bits per heavy atom. The normalized spacial score (nSPS) is 15.3. The number of amides is 1. The Kier molecular flexibility index (Phi) is 8.39. The summed E-state index contributed by atoms with van der Waals surface area (Å²) in [4.78, 5) is 46.7. The van der Waals surface area contributed by atoms with Crippen molar-refractivity contribution in [2.45, 2.75) is 64.8 Å². The molecule has 1 N–H and O–H groups in total. The molecule has 1 atom stereocenters. The SMILES string of the molecule is Cn1c(=O)c2c(nc(N3CCCC(NC(=O)OC(C)(C)C)C3)n2Cc2ccccc2C#N)n(CCc2ccccc2)c1=O. The lowest BCUT2D eigenvalue weighted by Crippen LogP contribution is -2.49. The van der Waals surface area contributed by atoms with Crippen LogP contribution in [0.2, 0.25) is 0 Å². The first-order chi connectivity index (χ1) is 20.6. The van der Waals surface area contributed by atoms with Gasteiger partial charge in [-0.15, -0.1) is 0 Å². The molecule has 1 aliphatic heterocycles. The average molecular weight is 584 g/mol. The maximum atomic E-state index is 13.7. The van der Waals surface area contributed by atoms with E-state index in [2.05, 4.69) is 11.4 Å². The van der Waals surface area contributed by atoms with Crippen molar-refractivity contribution in [3.63, 3.8) is 0 Å². The minimum absolute atomic E-state index is 0.202. The zero-order valence-corrected chi connectivity index (χ0v) is 25.0. The molecule has 43 heavy (non-hydrogen) atoms. The topological polar surface area (TPSA) is 127 Å². The fourth-order valence-corrected chi connectivity index (χ4v) is 5.51. The van der Waals surface area contributed by atoms with Crippen LogP contribution in [0.4, 0.5) is 10.7 Å². The molecule has 1 saturated heterocycles. The van der Waals surface area contributed by atoms with Crippen LogP contribution >= 0.6 is 0 Å². The van der Waals surface area contributed by atoms with Gasteiger partial charge in [0, 0.05) is 32.7 Å². The largest absolute Gasteiger partial charge is 0.444 e. The van der Waals surface area contributed by atoms with Crippen molar-refractivity contribution in [1.82, 2.24) is 24.0 Å². The summed E-state index contributed by atoms with van der Waals surface area (Å²) in [5.41, 5.74) is 1.36. The summed E-state index contributed by atoms with van der Waals surface area (Å²) in [5, 5.41) is 12.8. The quantitative estimate of drug-likeness (QED) is 0.353. The van der Waals surface area contributed by atoms with Gasteiger partial charge in [-0.2, -0.15) is 10.2 Å². The number of rotatable bonds is 7. The number of aromatic nitrogens is 4. The first-order valence-corrected chi connectivity index (χ1v) is 14.5. The number of benzene rings is 2. The molecular weight excluding hydrogens is 546 g/mol. The maximum Gasteiger partial charge on any atom is 0.407 e. The van der Waals surface area contributed by atoms with Crippen molar-refractivity contribution in [2.75, 3.05) is 18.0 Å². The fourth-order valence-electron chi connectivity index (χ4n) is 5.51. The number of hydrogen-bond acceptors (Lipinski definition) is 7. The van der Waals surface area contributed by atoms with E-state index in [0.717, 1.165) is 28.5 Å². The van der Waals surface area contributed by atoms with Gasteiger partial charge in [0.1, 0.15) is 5.60 Å². The van der Waals surface area contributed by atoms with Crippen molar-refractivity contribution in [2.24, 2.45) is 7.05 Å². The van der Waals surface area contributed by atoms with Gasteiger partial charge in [0.25, 0.3) is 5.56 Å². The molecule has 5 rings (SSSR count). The number of fused-ring (bicyclic) bond motifs is 1. The van der Waals surface area contributed by atoms with E-state index < -0.39 is 22.9 Å². The molecular formula is C32H37N7O4. The molecule has 1 aliphatic rings. The molecule has 11 heteroatoms. The standard InChI is InChI=1S/C32H37N7O4/c1-32(2,3)43-30(41)34-25-15-10-17-37(21-25)29-35-27-26(39(29)20-24-14-9-8-13-23(24)19-33)28(40)36(4)31(42)38(27)18-16-22-11-6-5-7-12-22/h5-9,11-14,25H,10,15-18,20-21H2,1-4H3,(H,34,41). The smallest absolute Gasteiger partial charge is 0.407 e. The second-order valence-corrected chi connectivity index (χ2v) is 11.9. The molecule has 0 spiro atoms. The number of piperidine rings is 1. The third-order valence-electron chi connectivity index (χ3n) is 7.57. The van der Waals surface area contributed by atoms with Crippen molar-refractivity contribution < 1.29 is 9.53 Å². The number of carbonyl (C=O) groups excluding carboxylic acids is 1. The first-order valence-electron chi connectivity index (χ1n) is 14.5. The number of ether oxygens (including phenoxy) is 1.